The lowest BCUT2D eigenvalue weighted by Gasteiger charge is -2.08. The molecule has 0 fully saturated rings. The maximum Gasteiger partial charge on any atom is 0.211 e. The van der Waals surface area contributed by atoms with Crippen molar-refractivity contribution < 1.29 is 9.90 Å². The Labute approximate surface area is 87.3 Å². The predicted molar refractivity (Wildman–Crippen MR) is 60.0 cm³/mol. The van der Waals surface area contributed by atoms with E-state index in [-0.39, 0.29) is 5.75 Å². The number of phenols is 1. The summed E-state index contributed by atoms with van der Waals surface area (Å²) < 4.78 is 0. The van der Waals surface area contributed by atoms with Gasteiger partial charge in [-0.1, -0.05) is 18.2 Å². The van der Waals surface area contributed by atoms with Gasteiger partial charge >= 0.3 is 0 Å². The number of hydrogen-bond acceptors (Lipinski definition) is 2. The van der Waals surface area contributed by atoms with Crippen molar-refractivity contribution in [3.63, 3.8) is 0 Å². The Kier molecular flexibility index (Phi) is 2.29. The van der Waals surface area contributed by atoms with Crippen molar-refractivity contribution >= 4 is 22.9 Å². The first-order valence-corrected chi connectivity index (χ1v) is 4.65. The van der Waals surface area contributed by atoms with E-state index in [9.17, 15) is 9.90 Å². The van der Waals surface area contributed by atoms with Gasteiger partial charge in [-0.2, -0.15) is 0 Å². The first-order valence-electron chi connectivity index (χ1n) is 4.65. The number of phenolic OH excluding ortho intramolecular Hbond substituents is 1. The van der Waals surface area contributed by atoms with Crippen LogP contribution in [-0.2, 0) is 4.79 Å². The average Bonchev–Trinajstić information content (AvgIpc) is 2.23. The predicted octanol–water partition coefficient (Wildman–Crippen LogP) is 2.42. The number of anilines is 1. The molecule has 0 spiro atoms. The van der Waals surface area contributed by atoms with E-state index in [1.165, 1.54) is 0 Å². The highest BCUT2D eigenvalue weighted by Crippen LogP contribution is 2.29. The van der Waals surface area contributed by atoms with Gasteiger partial charge in [0.05, 0.1) is 5.69 Å². The zero-order valence-electron chi connectivity index (χ0n) is 8.32. The van der Waals surface area contributed by atoms with Gasteiger partial charge in [0.15, 0.2) is 0 Å². The number of amides is 1. The zero-order chi connectivity index (χ0) is 10.8. The summed E-state index contributed by atoms with van der Waals surface area (Å²) in [5.74, 6) is 0.196. The average molecular weight is 201 g/mol. The van der Waals surface area contributed by atoms with Crippen molar-refractivity contribution in [1.29, 1.82) is 0 Å². The molecular formula is C12H11NO2. The van der Waals surface area contributed by atoms with Crippen molar-refractivity contribution in [1.82, 2.24) is 0 Å². The molecule has 0 radical (unpaired) electrons. The topological polar surface area (TPSA) is 49.3 Å². The number of aryl methyl sites for hydroxylation is 1. The van der Waals surface area contributed by atoms with Gasteiger partial charge in [-0.3, -0.25) is 4.79 Å². The molecule has 15 heavy (non-hydrogen) atoms. The summed E-state index contributed by atoms with van der Waals surface area (Å²) in [4.78, 5) is 10.5. The number of rotatable bonds is 2. The van der Waals surface area contributed by atoms with Crippen LogP contribution in [0.25, 0.3) is 10.8 Å². The summed E-state index contributed by atoms with van der Waals surface area (Å²) in [5.41, 5.74) is 1.72. The van der Waals surface area contributed by atoms with Crippen molar-refractivity contribution in [2.45, 2.75) is 6.92 Å². The Bertz CT molecular complexity index is 515. The van der Waals surface area contributed by atoms with Crippen molar-refractivity contribution in [2.24, 2.45) is 0 Å². The lowest BCUT2D eigenvalue weighted by molar-refractivity contribution is -0.105. The molecule has 3 heteroatoms. The van der Waals surface area contributed by atoms with Crippen molar-refractivity contribution in [3.8, 4) is 5.75 Å². The Morgan fingerprint density at radius 2 is 2.00 bits per heavy atom. The van der Waals surface area contributed by atoms with Crippen LogP contribution in [0.3, 0.4) is 0 Å². The lowest BCUT2D eigenvalue weighted by atomic mass is 10.0. The maximum atomic E-state index is 10.5. The van der Waals surface area contributed by atoms with E-state index in [1.54, 1.807) is 12.1 Å². The quantitative estimate of drug-likeness (QED) is 0.733. The number of carbonyl (C=O) groups excluding carboxylic acids is 1. The largest absolute Gasteiger partial charge is 0.508 e. The fourth-order valence-corrected chi connectivity index (χ4v) is 1.67. The number of benzene rings is 2. The van der Waals surface area contributed by atoms with Crippen LogP contribution in [-0.4, -0.2) is 11.5 Å². The minimum atomic E-state index is 0.196. The van der Waals surface area contributed by atoms with Gasteiger partial charge in [0.25, 0.3) is 0 Å². The molecule has 0 saturated heterocycles. The Morgan fingerprint density at radius 3 is 2.73 bits per heavy atom. The number of fused-ring (bicyclic) bond motifs is 1. The normalized spacial score (nSPS) is 10.2. The minimum absolute atomic E-state index is 0.196. The third kappa shape index (κ3) is 1.64. The van der Waals surface area contributed by atoms with E-state index in [0.717, 1.165) is 22.0 Å². The first-order chi connectivity index (χ1) is 7.22. The van der Waals surface area contributed by atoms with Crippen LogP contribution in [0.2, 0.25) is 0 Å². The van der Waals surface area contributed by atoms with Crippen LogP contribution in [0.15, 0.2) is 30.3 Å². The van der Waals surface area contributed by atoms with Crippen LogP contribution >= 0.6 is 0 Å². The Balaban J connectivity index is 2.77. The molecule has 1 amide bonds. The van der Waals surface area contributed by atoms with Gasteiger partial charge < -0.3 is 10.4 Å². The van der Waals surface area contributed by atoms with E-state index < -0.39 is 0 Å². The second-order valence-electron chi connectivity index (χ2n) is 3.43. The van der Waals surface area contributed by atoms with E-state index in [1.807, 2.05) is 25.1 Å². The Hall–Kier alpha value is -2.03. The van der Waals surface area contributed by atoms with Gasteiger partial charge in [0, 0.05) is 5.39 Å². The summed E-state index contributed by atoms with van der Waals surface area (Å²) in [6, 6.07) is 8.99. The van der Waals surface area contributed by atoms with Crippen LogP contribution in [0.4, 0.5) is 5.69 Å². The van der Waals surface area contributed by atoms with E-state index in [2.05, 4.69) is 5.32 Å². The molecule has 2 aromatic carbocycles. The number of hydrogen-bond donors (Lipinski definition) is 2. The lowest BCUT2D eigenvalue weighted by Crippen LogP contribution is -1.97. The zero-order valence-corrected chi connectivity index (χ0v) is 8.32. The molecular weight excluding hydrogens is 190 g/mol. The molecule has 0 heterocycles. The van der Waals surface area contributed by atoms with Gasteiger partial charge in [-0.25, -0.2) is 0 Å². The maximum absolute atomic E-state index is 10.5. The summed E-state index contributed by atoms with van der Waals surface area (Å²) in [5, 5.41) is 13.9. The van der Waals surface area contributed by atoms with E-state index >= 15 is 0 Å². The summed E-state index contributed by atoms with van der Waals surface area (Å²) in [6.45, 7) is 1.91. The third-order valence-corrected chi connectivity index (χ3v) is 2.42. The fourth-order valence-electron chi connectivity index (χ4n) is 1.67. The van der Waals surface area contributed by atoms with Crippen LogP contribution < -0.4 is 5.32 Å². The highest BCUT2D eigenvalue weighted by Gasteiger charge is 2.04. The van der Waals surface area contributed by atoms with Crippen LogP contribution in [0, 0.1) is 6.92 Å². The molecule has 0 atom stereocenters. The standard InChI is InChI=1S/C12H11NO2/c1-8-2-3-9-4-5-10(15)6-11(9)12(8)13-7-14/h2-7,15H,1H3,(H,13,14). The molecule has 0 aliphatic rings. The molecule has 2 N–H and O–H groups in total. The number of aromatic hydroxyl groups is 1. The van der Waals surface area contributed by atoms with E-state index in [0.29, 0.717) is 6.41 Å². The minimum Gasteiger partial charge on any atom is -0.508 e. The SMILES string of the molecule is Cc1ccc2ccc(O)cc2c1NC=O. The summed E-state index contributed by atoms with van der Waals surface area (Å²) in [7, 11) is 0. The number of nitrogens with one attached hydrogen (secondary N) is 1. The molecule has 76 valence electrons. The number of carbonyl (C=O) groups is 1. The van der Waals surface area contributed by atoms with Gasteiger partial charge in [-0.05, 0) is 30.0 Å². The van der Waals surface area contributed by atoms with E-state index in [4.69, 9.17) is 0 Å². The van der Waals surface area contributed by atoms with Crippen molar-refractivity contribution in [2.75, 3.05) is 5.32 Å². The van der Waals surface area contributed by atoms with Gasteiger partial charge in [-0.15, -0.1) is 0 Å². The molecule has 0 aliphatic heterocycles. The van der Waals surface area contributed by atoms with Crippen LogP contribution in [0.5, 0.6) is 5.75 Å². The third-order valence-electron chi connectivity index (χ3n) is 2.42. The smallest absolute Gasteiger partial charge is 0.211 e. The monoisotopic (exact) mass is 201 g/mol. The molecule has 0 aromatic heterocycles. The highest BCUT2D eigenvalue weighted by molar-refractivity contribution is 5.99. The Morgan fingerprint density at radius 1 is 1.27 bits per heavy atom. The van der Waals surface area contributed by atoms with Gasteiger partial charge in [0.2, 0.25) is 6.41 Å². The fraction of sp³-hybridized carbons (Fsp3) is 0.0833. The summed E-state index contributed by atoms with van der Waals surface area (Å²) >= 11 is 0. The molecule has 2 aromatic rings. The van der Waals surface area contributed by atoms with Crippen molar-refractivity contribution in [3.05, 3.63) is 35.9 Å². The second-order valence-corrected chi connectivity index (χ2v) is 3.43. The van der Waals surface area contributed by atoms with Gasteiger partial charge in [0.1, 0.15) is 5.75 Å². The molecule has 0 aliphatic carbocycles. The summed E-state index contributed by atoms with van der Waals surface area (Å²) in [6.07, 6.45) is 0.645. The van der Waals surface area contributed by atoms with Crippen LogP contribution in [0.1, 0.15) is 5.56 Å². The molecule has 3 nitrogen and oxygen atoms in total. The molecule has 0 bridgehead atoms. The second kappa shape index (κ2) is 3.61. The first kappa shape index (κ1) is 9.52. The molecule has 2 rings (SSSR count). The highest BCUT2D eigenvalue weighted by atomic mass is 16.3. The molecule has 0 unspecified atom stereocenters. The molecule has 0 saturated carbocycles.